The summed E-state index contributed by atoms with van der Waals surface area (Å²) in [5, 5.41) is 10.1. The molecule has 0 radical (unpaired) electrons. The number of carboxylic acid groups (broad SMARTS) is 1. The van der Waals surface area contributed by atoms with Crippen molar-refractivity contribution >= 4 is 5.97 Å². The van der Waals surface area contributed by atoms with Crippen LogP contribution in [0.15, 0.2) is 30.3 Å². The second kappa shape index (κ2) is 70.4. The van der Waals surface area contributed by atoms with Gasteiger partial charge in [-0.15, -0.1) is 0 Å². The van der Waals surface area contributed by atoms with Gasteiger partial charge < -0.3 is 14.4 Å². The zero-order valence-corrected chi connectivity index (χ0v) is 57.2. The lowest BCUT2D eigenvalue weighted by Gasteiger charge is -2.40. The Morgan fingerprint density at radius 1 is 0.232 bits per heavy atom. The molecule has 0 saturated carbocycles. The Hall–Kier alpha value is -1.35. The summed E-state index contributed by atoms with van der Waals surface area (Å²) in [7, 11) is 0. The maximum Gasteiger partial charge on any atom is 0.0786 e. The van der Waals surface area contributed by atoms with Gasteiger partial charge in [-0.2, -0.15) is 0 Å². The van der Waals surface area contributed by atoms with Crippen LogP contribution >= 0.6 is 0 Å². The molecular weight excluding hydrogens is 995 g/mol. The monoisotopic (exact) mass is 1150 g/mol. The largest absolute Gasteiger partial charge is 0.545 e. The van der Waals surface area contributed by atoms with Crippen molar-refractivity contribution in [2.24, 2.45) is 0 Å². The quantitative estimate of drug-likeness (QED) is 0.0482. The summed E-state index contributed by atoms with van der Waals surface area (Å²) in [4.78, 5) is 10.1. The maximum atomic E-state index is 10.1. The van der Waals surface area contributed by atoms with Crippen molar-refractivity contribution in [3.63, 3.8) is 0 Å². The van der Waals surface area contributed by atoms with E-state index in [0.29, 0.717) is 0 Å². The highest BCUT2D eigenvalue weighted by Crippen LogP contribution is 2.23. The second-order valence-electron chi connectivity index (χ2n) is 27.1. The zero-order valence-electron chi connectivity index (χ0n) is 57.2. The van der Waals surface area contributed by atoms with Crippen LogP contribution in [0.5, 0.6) is 0 Å². The van der Waals surface area contributed by atoms with Gasteiger partial charge in [-0.25, -0.2) is 0 Å². The molecule has 0 aliphatic heterocycles. The first-order valence-corrected chi connectivity index (χ1v) is 38.7. The summed E-state index contributed by atoms with van der Waals surface area (Å²) < 4.78 is 1.49. The number of unbranched alkanes of at least 4 members (excludes halogenated alkanes) is 60. The van der Waals surface area contributed by atoms with Crippen LogP contribution in [0.25, 0.3) is 0 Å². The molecule has 1 aromatic rings. The van der Waals surface area contributed by atoms with Crippen LogP contribution in [0.1, 0.15) is 449 Å². The molecule has 0 fully saturated rings. The Morgan fingerprint density at radius 3 is 0.488 bits per heavy atom. The van der Waals surface area contributed by atoms with Crippen molar-refractivity contribution in [2.75, 3.05) is 26.2 Å². The van der Waals surface area contributed by atoms with E-state index in [9.17, 15) is 9.90 Å². The highest BCUT2D eigenvalue weighted by atomic mass is 16.4. The number of nitrogens with zero attached hydrogens (tertiary/aromatic N) is 1. The van der Waals surface area contributed by atoms with Crippen LogP contribution in [0.4, 0.5) is 0 Å². The minimum Gasteiger partial charge on any atom is -0.545 e. The van der Waals surface area contributed by atoms with Crippen molar-refractivity contribution in [1.82, 2.24) is 0 Å². The van der Waals surface area contributed by atoms with E-state index >= 15 is 0 Å². The summed E-state index contributed by atoms with van der Waals surface area (Å²) in [6, 6.07) is 8.06. The molecule has 0 amide bonds. The van der Waals surface area contributed by atoms with Gasteiger partial charge in [-0.1, -0.05) is 418 Å². The molecule has 0 atom stereocenters. The first-order valence-electron chi connectivity index (χ1n) is 38.7. The molecule has 0 spiro atoms. The number of carbonyl (C=O) groups is 1. The van der Waals surface area contributed by atoms with Crippen molar-refractivity contribution in [2.45, 2.75) is 439 Å². The average molecular weight is 1150 g/mol. The molecule has 0 aromatic heterocycles. The van der Waals surface area contributed by atoms with Crippen LogP contribution in [-0.4, -0.2) is 36.6 Å². The van der Waals surface area contributed by atoms with E-state index in [-0.39, 0.29) is 5.56 Å². The number of benzene rings is 1. The van der Waals surface area contributed by atoms with Crippen LogP contribution < -0.4 is 5.11 Å². The lowest BCUT2D eigenvalue weighted by Crippen LogP contribution is -2.50. The average Bonchev–Trinajstić information content (AvgIpc) is 3.49. The van der Waals surface area contributed by atoms with Gasteiger partial charge in [-0.3, -0.25) is 0 Å². The molecule has 0 bridgehead atoms. The Morgan fingerprint density at radius 2 is 0.366 bits per heavy atom. The number of aromatic carboxylic acids is 1. The molecule has 0 saturated heterocycles. The van der Waals surface area contributed by atoms with Gasteiger partial charge in [0.05, 0.1) is 32.1 Å². The summed E-state index contributed by atoms with van der Waals surface area (Å²) >= 11 is 0. The molecule has 3 nitrogen and oxygen atoms in total. The lowest BCUT2D eigenvalue weighted by molar-refractivity contribution is -0.929. The molecule has 1 rings (SSSR count). The predicted octanol–water partition coefficient (Wildman–Crippen LogP) is 26.9. The fourth-order valence-corrected chi connectivity index (χ4v) is 13.2. The van der Waals surface area contributed by atoms with Crippen molar-refractivity contribution < 1.29 is 14.4 Å². The minimum atomic E-state index is -1.13. The predicted molar refractivity (Wildman–Crippen MR) is 369 cm³/mol. The third-order valence-corrected chi connectivity index (χ3v) is 19.0. The maximum absolute atomic E-state index is 10.1. The standard InChI is InChI=1S/C72H148N.C7H6O2/c1-5-9-13-17-21-25-29-33-37-41-45-49-53-57-61-65-69-73(70-66-62-58-54-50-46-42-38-34-30-26-22-18-14-10-6-2,71-67-63-59-55-51-47-43-39-35-31-27-23-19-15-11-7-3)72-68-64-60-56-52-48-44-40-36-32-28-24-20-16-12-8-4;8-7(9)6-4-2-1-3-5-6/h5-72H2,1-4H3;1-5H,(H,8,9)/q+1;/p-1. The van der Waals surface area contributed by atoms with Crippen molar-refractivity contribution in [3.05, 3.63) is 35.9 Å². The Labute approximate surface area is 518 Å². The summed E-state index contributed by atoms with van der Waals surface area (Å²) in [6.45, 7) is 15.3. The van der Waals surface area contributed by atoms with Gasteiger partial charge in [0.15, 0.2) is 0 Å². The van der Waals surface area contributed by atoms with E-state index in [1.165, 1.54) is 454 Å². The summed E-state index contributed by atoms with van der Waals surface area (Å²) in [5.74, 6) is -1.13. The molecule has 0 aliphatic carbocycles. The van der Waals surface area contributed by atoms with Crippen LogP contribution in [0, 0.1) is 0 Å². The van der Waals surface area contributed by atoms with Gasteiger partial charge in [0.1, 0.15) is 0 Å². The lowest BCUT2D eigenvalue weighted by atomic mass is 10.0. The number of carboxylic acids is 1. The van der Waals surface area contributed by atoms with Crippen LogP contribution in [0.3, 0.4) is 0 Å². The summed E-state index contributed by atoms with van der Waals surface area (Å²) in [6.07, 6.45) is 94.7. The highest BCUT2D eigenvalue weighted by molar-refractivity contribution is 5.85. The number of hydrogen-bond acceptors (Lipinski definition) is 2. The topological polar surface area (TPSA) is 40.1 Å². The smallest absolute Gasteiger partial charge is 0.0786 e. The van der Waals surface area contributed by atoms with E-state index in [1.54, 1.807) is 18.2 Å². The van der Waals surface area contributed by atoms with Gasteiger partial charge >= 0.3 is 0 Å². The Bertz CT molecular complexity index is 1150. The molecule has 0 N–H and O–H groups in total. The van der Waals surface area contributed by atoms with E-state index in [2.05, 4.69) is 27.7 Å². The van der Waals surface area contributed by atoms with E-state index in [4.69, 9.17) is 0 Å². The first-order chi connectivity index (χ1) is 40.5. The Kier molecular flexibility index (Phi) is 69.3. The molecule has 486 valence electrons. The van der Waals surface area contributed by atoms with E-state index in [0.717, 1.165) is 0 Å². The highest BCUT2D eigenvalue weighted by Gasteiger charge is 2.26. The molecule has 1 aromatic carbocycles. The van der Waals surface area contributed by atoms with Crippen molar-refractivity contribution in [3.8, 4) is 0 Å². The second-order valence-corrected chi connectivity index (χ2v) is 27.1. The van der Waals surface area contributed by atoms with Crippen LogP contribution in [-0.2, 0) is 0 Å². The molecule has 0 unspecified atom stereocenters. The number of hydrogen-bond donors (Lipinski definition) is 0. The minimum absolute atomic E-state index is 0.220. The number of quaternary nitrogens is 1. The van der Waals surface area contributed by atoms with Gasteiger partial charge in [0.25, 0.3) is 0 Å². The number of carbonyl (C=O) groups excluding carboxylic acids is 1. The van der Waals surface area contributed by atoms with Crippen LogP contribution in [0.2, 0.25) is 0 Å². The van der Waals surface area contributed by atoms with Crippen molar-refractivity contribution in [1.29, 1.82) is 0 Å². The normalized spacial score (nSPS) is 11.7. The Balaban J connectivity index is 0.00000658. The van der Waals surface area contributed by atoms with Gasteiger partial charge in [0, 0.05) is 0 Å². The SMILES string of the molecule is CCCCCCCCCCCCCCCCCC[N+](CCCCCCCCCCCCCCCCCC)(CCCCCCCCCCCCCCCCCC)CCCCCCCCCCCCCCCCCC.O=C([O-])c1ccccc1. The summed E-state index contributed by atoms with van der Waals surface area (Å²) in [5.41, 5.74) is 0.220. The first kappa shape index (κ1) is 80.6. The number of rotatable bonds is 69. The molecule has 0 heterocycles. The molecule has 3 heteroatoms. The van der Waals surface area contributed by atoms with Gasteiger partial charge in [-0.05, 0) is 56.9 Å². The van der Waals surface area contributed by atoms with E-state index < -0.39 is 5.97 Å². The fourth-order valence-electron chi connectivity index (χ4n) is 13.2. The fraction of sp³-hybridized carbons (Fsp3) is 0.911. The third kappa shape index (κ3) is 63.2. The molecule has 0 aliphatic rings. The third-order valence-electron chi connectivity index (χ3n) is 19.0. The molecule has 82 heavy (non-hydrogen) atoms. The van der Waals surface area contributed by atoms with E-state index in [1.807, 2.05) is 0 Å². The van der Waals surface area contributed by atoms with Gasteiger partial charge in [0.2, 0.25) is 0 Å². The molecular formula is C79H153NO2. The zero-order chi connectivity index (χ0) is 59.3.